The van der Waals surface area contributed by atoms with Gasteiger partial charge in [-0.3, -0.25) is 14.9 Å². The van der Waals surface area contributed by atoms with Crippen molar-refractivity contribution < 1.29 is 9.72 Å². The van der Waals surface area contributed by atoms with Gasteiger partial charge in [-0.1, -0.05) is 12.8 Å². The maximum absolute atomic E-state index is 12.4. The van der Waals surface area contributed by atoms with Gasteiger partial charge in [-0.2, -0.15) is 0 Å². The summed E-state index contributed by atoms with van der Waals surface area (Å²) in [7, 11) is 0. The van der Waals surface area contributed by atoms with Crippen molar-refractivity contribution in [3.63, 3.8) is 0 Å². The van der Waals surface area contributed by atoms with Crippen LogP contribution < -0.4 is 5.32 Å². The number of amides is 1. The molecule has 0 radical (unpaired) electrons. The predicted molar refractivity (Wildman–Crippen MR) is 83.7 cm³/mol. The molecule has 6 nitrogen and oxygen atoms in total. The highest BCUT2D eigenvalue weighted by Crippen LogP contribution is 2.28. The minimum atomic E-state index is -0.401. The minimum absolute atomic E-state index is 0.0926. The Kier molecular flexibility index (Phi) is 4.27. The largest absolute Gasteiger partial charge is 0.380 e. The van der Waals surface area contributed by atoms with Crippen LogP contribution in [0.2, 0.25) is 0 Å². The number of anilines is 1. The van der Waals surface area contributed by atoms with Crippen LogP contribution in [-0.2, 0) is 4.79 Å². The summed E-state index contributed by atoms with van der Waals surface area (Å²) >= 11 is 0. The first kappa shape index (κ1) is 14.8. The Labute approximate surface area is 129 Å². The van der Waals surface area contributed by atoms with Crippen molar-refractivity contribution >= 4 is 17.3 Å². The molecule has 0 bridgehead atoms. The van der Waals surface area contributed by atoms with Crippen molar-refractivity contribution in [1.29, 1.82) is 0 Å². The molecule has 1 unspecified atom stereocenters. The summed E-state index contributed by atoms with van der Waals surface area (Å²) in [4.78, 5) is 24.6. The lowest BCUT2D eigenvalue weighted by atomic mass is 10.1. The quantitative estimate of drug-likeness (QED) is 0.685. The number of nitrogens with zero attached hydrogens (tertiary/aromatic N) is 2. The molecule has 2 aliphatic rings. The van der Waals surface area contributed by atoms with Crippen LogP contribution in [-0.4, -0.2) is 34.9 Å². The molecule has 1 heterocycles. The fourth-order valence-electron chi connectivity index (χ4n) is 3.42. The van der Waals surface area contributed by atoms with Crippen LogP contribution in [0.25, 0.3) is 0 Å². The highest BCUT2D eigenvalue weighted by Gasteiger charge is 2.32. The molecule has 1 aliphatic carbocycles. The van der Waals surface area contributed by atoms with Gasteiger partial charge in [0.15, 0.2) is 0 Å². The van der Waals surface area contributed by atoms with E-state index in [4.69, 9.17) is 0 Å². The fraction of sp³-hybridized carbons (Fsp3) is 0.562. The molecule has 1 aromatic rings. The van der Waals surface area contributed by atoms with Gasteiger partial charge in [0.1, 0.15) is 0 Å². The van der Waals surface area contributed by atoms with Crippen LogP contribution in [0.3, 0.4) is 0 Å². The highest BCUT2D eigenvalue weighted by atomic mass is 16.6. The smallest absolute Gasteiger partial charge is 0.269 e. The first-order chi connectivity index (χ1) is 10.6. The molecule has 1 saturated carbocycles. The molecule has 3 rings (SSSR count). The van der Waals surface area contributed by atoms with Crippen molar-refractivity contribution in [2.75, 3.05) is 18.4 Å². The second-order valence-corrected chi connectivity index (χ2v) is 6.20. The van der Waals surface area contributed by atoms with Gasteiger partial charge in [-0.05, 0) is 31.4 Å². The average molecular weight is 303 g/mol. The summed E-state index contributed by atoms with van der Waals surface area (Å²) in [5.74, 6) is 0.545. The zero-order valence-corrected chi connectivity index (χ0v) is 12.5. The summed E-state index contributed by atoms with van der Waals surface area (Å²) in [6, 6.07) is 6.67. The van der Waals surface area contributed by atoms with E-state index in [0.717, 1.165) is 38.0 Å². The lowest BCUT2D eigenvalue weighted by Crippen LogP contribution is -2.35. The van der Waals surface area contributed by atoms with Crippen molar-refractivity contribution in [1.82, 2.24) is 4.90 Å². The molecule has 1 aliphatic heterocycles. The molecule has 1 aromatic carbocycles. The van der Waals surface area contributed by atoms with Crippen molar-refractivity contribution in [2.45, 2.75) is 38.1 Å². The van der Waals surface area contributed by atoms with Gasteiger partial charge >= 0.3 is 0 Å². The zero-order valence-electron chi connectivity index (χ0n) is 12.5. The van der Waals surface area contributed by atoms with Crippen LogP contribution in [0, 0.1) is 16.0 Å². The van der Waals surface area contributed by atoms with E-state index in [9.17, 15) is 14.9 Å². The second kappa shape index (κ2) is 6.34. The number of rotatable bonds is 4. The highest BCUT2D eigenvalue weighted by molar-refractivity contribution is 5.79. The Bertz CT molecular complexity index is 552. The van der Waals surface area contributed by atoms with Gasteiger partial charge in [0, 0.05) is 42.9 Å². The van der Waals surface area contributed by atoms with Gasteiger partial charge in [-0.15, -0.1) is 0 Å². The molecule has 0 spiro atoms. The van der Waals surface area contributed by atoms with Gasteiger partial charge in [0.2, 0.25) is 5.91 Å². The normalized spacial score (nSPS) is 22.0. The van der Waals surface area contributed by atoms with Gasteiger partial charge in [0.05, 0.1) is 4.92 Å². The number of hydrogen-bond acceptors (Lipinski definition) is 4. The lowest BCUT2D eigenvalue weighted by Gasteiger charge is -2.21. The number of nitrogens with one attached hydrogen (secondary N) is 1. The Hall–Kier alpha value is -2.11. The van der Waals surface area contributed by atoms with E-state index in [1.54, 1.807) is 12.1 Å². The van der Waals surface area contributed by atoms with Crippen molar-refractivity contribution in [3.05, 3.63) is 34.4 Å². The van der Waals surface area contributed by atoms with E-state index < -0.39 is 4.92 Å². The van der Waals surface area contributed by atoms with E-state index in [1.165, 1.54) is 25.0 Å². The topological polar surface area (TPSA) is 75.5 Å². The van der Waals surface area contributed by atoms with Crippen LogP contribution in [0.5, 0.6) is 0 Å². The molecule has 0 aromatic heterocycles. The molecule has 1 N–H and O–H groups in total. The third kappa shape index (κ3) is 3.21. The molecular formula is C16H21N3O3. The summed E-state index contributed by atoms with van der Waals surface area (Å²) in [6.07, 6.45) is 5.35. The van der Waals surface area contributed by atoms with E-state index in [0.29, 0.717) is 5.91 Å². The van der Waals surface area contributed by atoms with Gasteiger partial charge < -0.3 is 10.2 Å². The van der Waals surface area contributed by atoms with E-state index >= 15 is 0 Å². The molecule has 2 fully saturated rings. The Morgan fingerprint density at radius 2 is 1.86 bits per heavy atom. The first-order valence-corrected chi connectivity index (χ1v) is 7.93. The maximum atomic E-state index is 12.4. The number of benzene rings is 1. The van der Waals surface area contributed by atoms with E-state index in [2.05, 4.69) is 5.32 Å². The molecule has 22 heavy (non-hydrogen) atoms. The SMILES string of the molecule is O=C(C1CCCC1)N1CCC(Nc2ccc([N+](=O)[O-])cc2)C1. The molecule has 1 saturated heterocycles. The maximum Gasteiger partial charge on any atom is 0.269 e. The number of nitro groups is 1. The molecule has 1 atom stereocenters. The number of hydrogen-bond donors (Lipinski definition) is 1. The minimum Gasteiger partial charge on any atom is -0.380 e. The van der Waals surface area contributed by atoms with Crippen LogP contribution in [0.4, 0.5) is 11.4 Å². The lowest BCUT2D eigenvalue weighted by molar-refractivity contribution is -0.384. The first-order valence-electron chi connectivity index (χ1n) is 7.93. The summed E-state index contributed by atoms with van der Waals surface area (Å²) in [6.45, 7) is 1.53. The van der Waals surface area contributed by atoms with Gasteiger partial charge in [-0.25, -0.2) is 0 Å². The van der Waals surface area contributed by atoms with Crippen LogP contribution in [0.1, 0.15) is 32.1 Å². The average Bonchev–Trinajstić information content (AvgIpc) is 3.19. The summed E-state index contributed by atoms with van der Waals surface area (Å²) in [5.41, 5.74) is 0.959. The summed E-state index contributed by atoms with van der Waals surface area (Å²) < 4.78 is 0. The van der Waals surface area contributed by atoms with E-state index in [1.807, 2.05) is 4.90 Å². The van der Waals surface area contributed by atoms with Crippen molar-refractivity contribution in [3.8, 4) is 0 Å². The molecular weight excluding hydrogens is 282 g/mol. The Morgan fingerprint density at radius 1 is 1.18 bits per heavy atom. The Morgan fingerprint density at radius 3 is 2.50 bits per heavy atom. The number of non-ortho nitro benzene ring substituents is 1. The second-order valence-electron chi connectivity index (χ2n) is 6.20. The van der Waals surface area contributed by atoms with Gasteiger partial charge in [0.25, 0.3) is 5.69 Å². The molecule has 1 amide bonds. The fourth-order valence-corrected chi connectivity index (χ4v) is 3.42. The third-order valence-electron chi connectivity index (χ3n) is 4.65. The standard InChI is InChI=1S/C16H21N3O3/c20-16(12-3-1-2-4-12)18-10-9-14(11-18)17-13-5-7-15(8-6-13)19(21)22/h5-8,12,14,17H,1-4,9-11H2. The number of likely N-dealkylation sites (tertiary alicyclic amines) is 1. The van der Waals surface area contributed by atoms with Crippen molar-refractivity contribution in [2.24, 2.45) is 5.92 Å². The molecule has 6 heteroatoms. The number of nitro benzene ring substituents is 1. The van der Waals surface area contributed by atoms with Crippen LogP contribution in [0.15, 0.2) is 24.3 Å². The van der Waals surface area contributed by atoms with Crippen LogP contribution >= 0.6 is 0 Å². The number of carbonyl (C=O) groups is 1. The van der Waals surface area contributed by atoms with E-state index in [-0.39, 0.29) is 17.6 Å². The number of carbonyl (C=O) groups excluding carboxylic acids is 1. The Balaban J connectivity index is 1.54. The molecule has 118 valence electrons. The third-order valence-corrected chi connectivity index (χ3v) is 4.65. The predicted octanol–water partition coefficient (Wildman–Crippen LogP) is 2.80. The summed E-state index contributed by atoms with van der Waals surface area (Å²) in [5, 5.41) is 14.0. The zero-order chi connectivity index (χ0) is 15.5. The monoisotopic (exact) mass is 303 g/mol.